The summed E-state index contributed by atoms with van der Waals surface area (Å²) in [5.74, 6) is -0.799. The van der Waals surface area contributed by atoms with Gasteiger partial charge < -0.3 is 10.1 Å². The molecule has 0 heterocycles. The van der Waals surface area contributed by atoms with Crippen LogP contribution in [0.5, 0.6) is 0 Å². The minimum Gasteiger partial charge on any atom is -0.467 e. The van der Waals surface area contributed by atoms with E-state index >= 15 is 0 Å². The Bertz CT molecular complexity index is 499. The summed E-state index contributed by atoms with van der Waals surface area (Å²) in [5, 5.41) is 3.54. The van der Waals surface area contributed by atoms with Gasteiger partial charge in [0.2, 0.25) is 5.91 Å². The van der Waals surface area contributed by atoms with Crippen molar-refractivity contribution in [3.05, 3.63) is 33.8 Å². The number of hydrogen-bond acceptors (Lipinski definition) is 3. The van der Waals surface area contributed by atoms with Crippen LogP contribution in [0, 0.1) is 5.92 Å². The Hall–Kier alpha value is -1.26. The summed E-state index contributed by atoms with van der Waals surface area (Å²) in [7, 11) is 1.30. The highest BCUT2D eigenvalue weighted by Gasteiger charge is 2.27. The Labute approximate surface area is 134 Å². The average molecular weight is 332 g/mol. The van der Waals surface area contributed by atoms with Crippen LogP contribution in [0.25, 0.3) is 0 Å². The van der Waals surface area contributed by atoms with Gasteiger partial charge in [-0.25, -0.2) is 4.79 Å². The highest BCUT2D eigenvalue weighted by atomic mass is 35.5. The Morgan fingerprint density at radius 3 is 2.33 bits per heavy atom. The molecular weight excluding hydrogens is 313 g/mol. The first-order valence-corrected chi connectivity index (χ1v) is 7.46. The molecule has 6 heteroatoms. The minimum atomic E-state index is -0.672. The highest BCUT2D eigenvalue weighted by Crippen LogP contribution is 2.24. The normalized spacial score (nSPS) is 13.4. The fourth-order valence-corrected chi connectivity index (χ4v) is 2.41. The van der Waals surface area contributed by atoms with Crippen LogP contribution < -0.4 is 5.32 Å². The smallest absolute Gasteiger partial charge is 0.328 e. The molecule has 0 fully saturated rings. The summed E-state index contributed by atoms with van der Waals surface area (Å²) in [6.45, 7) is 3.82. The fraction of sp³-hybridized carbons (Fsp3) is 0.467. The first kappa shape index (κ1) is 17.8. The molecule has 0 bridgehead atoms. The number of carbonyl (C=O) groups is 2. The van der Waals surface area contributed by atoms with E-state index in [1.165, 1.54) is 7.11 Å². The van der Waals surface area contributed by atoms with Crippen LogP contribution in [0.15, 0.2) is 18.2 Å². The molecule has 2 atom stereocenters. The van der Waals surface area contributed by atoms with E-state index in [1.807, 2.05) is 13.8 Å². The highest BCUT2D eigenvalue weighted by molar-refractivity contribution is 6.36. The largest absolute Gasteiger partial charge is 0.467 e. The standard InChI is InChI=1S/C15H19Cl2NO3/c1-4-9(2)14(15(20)21-3)18-13(19)8-10-11(16)6-5-7-12(10)17/h5-7,9,14H,4,8H2,1-3H3,(H,18,19)/t9-,14-/m0/s1. The maximum absolute atomic E-state index is 12.1. The number of methoxy groups -OCH3 is 1. The number of halogens is 2. The topological polar surface area (TPSA) is 55.4 Å². The molecule has 0 aromatic heterocycles. The summed E-state index contributed by atoms with van der Waals surface area (Å²) in [4.78, 5) is 23.9. The van der Waals surface area contributed by atoms with E-state index in [9.17, 15) is 9.59 Å². The van der Waals surface area contributed by atoms with Crippen molar-refractivity contribution in [1.82, 2.24) is 5.32 Å². The maximum Gasteiger partial charge on any atom is 0.328 e. The number of rotatable bonds is 6. The molecule has 1 aromatic carbocycles. The first-order valence-electron chi connectivity index (χ1n) is 6.70. The van der Waals surface area contributed by atoms with Crippen LogP contribution >= 0.6 is 23.2 Å². The van der Waals surface area contributed by atoms with Crippen molar-refractivity contribution >= 4 is 35.1 Å². The summed E-state index contributed by atoms with van der Waals surface area (Å²) in [6.07, 6.45) is 0.759. The molecular formula is C15H19Cl2NO3. The number of amides is 1. The molecule has 0 unspecified atom stereocenters. The van der Waals surface area contributed by atoms with Gasteiger partial charge in [0.15, 0.2) is 0 Å². The van der Waals surface area contributed by atoms with Gasteiger partial charge in [-0.2, -0.15) is 0 Å². The van der Waals surface area contributed by atoms with Gasteiger partial charge in [-0.3, -0.25) is 4.79 Å². The third kappa shape index (κ3) is 4.90. The molecule has 1 rings (SSSR count). The van der Waals surface area contributed by atoms with Gasteiger partial charge in [0.25, 0.3) is 0 Å². The van der Waals surface area contributed by atoms with Crippen LogP contribution in [-0.2, 0) is 20.7 Å². The van der Waals surface area contributed by atoms with Gasteiger partial charge in [0.1, 0.15) is 6.04 Å². The van der Waals surface area contributed by atoms with Crippen LogP contribution in [0.2, 0.25) is 10.0 Å². The van der Waals surface area contributed by atoms with Crippen LogP contribution in [0.3, 0.4) is 0 Å². The van der Waals surface area contributed by atoms with Crippen molar-refractivity contribution in [2.75, 3.05) is 7.11 Å². The molecule has 0 saturated carbocycles. The number of benzene rings is 1. The first-order chi connectivity index (χ1) is 9.90. The van der Waals surface area contributed by atoms with Crippen molar-refractivity contribution < 1.29 is 14.3 Å². The number of esters is 1. The van der Waals surface area contributed by atoms with Gasteiger partial charge in [-0.05, 0) is 23.6 Å². The SMILES string of the molecule is CC[C@H](C)[C@H](NC(=O)Cc1c(Cl)cccc1Cl)C(=O)OC. The lowest BCUT2D eigenvalue weighted by atomic mass is 9.99. The third-order valence-electron chi connectivity index (χ3n) is 3.38. The van der Waals surface area contributed by atoms with Crippen LogP contribution in [0.4, 0.5) is 0 Å². The number of ether oxygens (including phenoxy) is 1. The Morgan fingerprint density at radius 2 is 1.86 bits per heavy atom. The van der Waals surface area contributed by atoms with Crippen LogP contribution in [0.1, 0.15) is 25.8 Å². The van der Waals surface area contributed by atoms with E-state index in [2.05, 4.69) is 5.32 Å². The second kappa shape index (κ2) is 8.25. The molecule has 1 N–H and O–H groups in total. The van der Waals surface area contributed by atoms with E-state index < -0.39 is 12.0 Å². The molecule has 116 valence electrons. The molecule has 0 spiro atoms. The second-order valence-electron chi connectivity index (χ2n) is 4.83. The van der Waals surface area contributed by atoms with Gasteiger partial charge in [0.05, 0.1) is 13.5 Å². The van der Waals surface area contributed by atoms with Crippen molar-refractivity contribution in [2.45, 2.75) is 32.7 Å². The number of nitrogens with one attached hydrogen (secondary N) is 1. The van der Waals surface area contributed by atoms with Gasteiger partial charge >= 0.3 is 5.97 Å². The van der Waals surface area contributed by atoms with E-state index in [-0.39, 0.29) is 18.2 Å². The maximum atomic E-state index is 12.1. The predicted molar refractivity (Wildman–Crippen MR) is 83.6 cm³/mol. The molecule has 0 aliphatic heterocycles. The Kier molecular flexibility index (Phi) is 6.99. The van der Waals surface area contributed by atoms with E-state index in [4.69, 9.17) is 27.9 Å². The Balaban J connectivity index is 2.81. The summed E-state index contributed by atoms with van der Waals surface area (Å²) >= 11 is 12.1. The summed E-state index contributed by atoms with van der Waals surface area (Å²) in [6, 6.07) is 4.38. The van der Waals surface area contributed by atoms with E-state index in [0.29, 0.717) is 15.6 Å². The summed E-state index contributed by atoms with van der Waals surface area (Å²) < 4.78 is 4.73. The number of carbonyl (C=O) groups excluding carboxylic acids is 2. The van der Waals surface area contributed by atoms with Gasteiger partial charge in [0, 0.05) is 10.0 Å². The molecule has 21 heavy (non-hydrogen) atoms. The molecule has 0 radical (unpaired) electrons. The zero-order chi connectivity index (χ0) is 16.0. The molecule has 0 aliphatic rings. The Morgan fingerprint density at radius 1 is 1.29 bits per heavy atom. The van der Waals surface area contributed by atoms with Gasteiger partial charge in [-0.1, -0.05) is 49.5 Å². The quantitative estimate of drug-likeness (QED) is 0.814. The third-order valence-corrected chi connectivity index (χ3v) is 4.09. The zero-order valence-electron chi connectivity index (χ0n) is 12.3. The lowest BCUT2D eigenvalue weighted by Crippen LogP contribution is -2.46. The lowest BCUT2D eigenvalue weighted by molar-refractivity contribution is -0.146. The second-order valence-corrected chi connectivity index (χ2v) is 5.65. The zero-order valence-corrected chi connectivity index (χ0v) is 13.8. The predicted octanol–water partition coefficient (Wildman–Crippen LogP) is 3.24. The van der Waals surface area contributed by atoms with Crippen molar-refractivity contribution in [3.8, 4) is 0 Å². The number of hydrogen-bond donors (Lipinski definition) is 1. The van der Waals surface area contributed by atoms with Gasteiger partial charge in [-0.15, -0.1) is 0 Å². The fourth-order valence-electron chi connectivity index (χ4n) is 1.88. The summed E-state index contributed by atoms with van der Waals surface area (Å²) in [5.41, 5.74) is 0.547. The monoisotopic (exact) mass is 331 g/mol. The minimum absolute atomic E-state index is 0.0163. The van der Waals surface area contributed by atoms with E-state index in [1.54, 1.807) is 18.2 Å². The van der Waals surface area contributed by atoms with Crippen molar-refractivity contribution in [1.29, 1.82) is 0 Å². The molecule has 1 aromatic rings. The molecule has 4 nitrogen and oxygen atoms in total. The van der Waals surface area contributed by atoms with Crippen LogP contribution in [-0.4, -0.2) is 25.0 Å². The molecule has 0 aliphatic carbocycles. The lowest BCUT2D eigenvalue weighted by Gasteiger charge is -2.22. The van der Waals surface area contributed by atoms with Crippen molar-refractivity contribution in [3.63, 3.8) is 0 Å². The molecule has 0 saturated heterocycles. The van der Waals surface area contributed by atoms with E-state index in [0.717, 1.165) is 6.42 Å². The molecule has 1 amide bonds. The average Bonchev–Trinajstić information content (AvgIpc) is 2.47. The van der Waals surface area contributed by atoms with Crippen molar-refractivity contribution in [2.24, 2.45) is 5.92 Å².